The monoisotopic (exact) mass is 295 g/mol. The number of hydrogen-bond acceptors (Lipinski definition) is 2. The minimum absolute atomic E-state index is 0.118. The molecular formula is C16H22FNOS. The van der Waals surface area contributed by atoms with Gasteiger partial charge in [-0.05, 0) is 56.9 Å². The van der Waals surface area contributed by atoms with Crippen LogP contribution in [0.1, 0.15) is 39.5 Å². The SMILES string of the molecule is CCC1CCCCN1C(=O)C(C)Sc1ccc(F)cc1. The molecule has 0 N–H and O–H groups in total. The van der Waals surface area contributed by atoms with Gasteiger partial charge in [0.05, 0.1) is 5.25 Å². The number of carbonyl (C=O) groups is 1. The number of benzene rings is 1. The smallest absolute Gasteiger partial charge is 0.236 e. The number of rotatable bonds is 4. The van der Waals surface area contributed by atoms with Crippen LogP contribution in [0.25, 0.3) is 0 Å². The summed E-state index contributed by atoms with van der Waals surface area (Å²) in [6.45, 7) is 4.97. The highest BCUT2D eigenvalue weighted by molar-refractivity contribution is 8.00. The molecule has 1 saturated heterocycles. The summed E-state index contributed by atoms with van der Waals surface area (Å²) in [5.41, 5.74) is 0. The van der Waals surface area contributed by atoms with Crippen molar-refractivity contribution in [3.05, 3.63) is 30.1 Å². The summed E-state index contributed by atoms with van der Waals surface area (Å²) in [6, 6.07) is 6.74. The fourth-order valence-corrected chi connectivity index (χ4v) is 3.65. The lowest BCUT2D eigenvalue weighted by molar-refractivity contribution is -0.134. The molecule has 2 nitrogen and oxygen atoms in total. The number of nitrogens with zero attached hydrogens (tertiary/aromatic N) is 1. The maximum atomic E-state index is 12.9. The lowest BCUT2D eigenvalue weighted by atomic mass is 10.00. The molecule has 0 saturated carbocycles. The van der Waals surface area contributed by atoms with Crippen LogP contribution in [0.3, 0.4) is 0 Å². The van der Waals surface area contributed by atoms with Crippen LogP contribution < -0.4 is 0 Å². The Labute approximate surface area is 124 Å². The van der Waals surface area contributed by atoms with E-state index in [1.807, 2.05) is 11.8 Å². The number of thioether (sulfide) groups is 1. The largest absolute Gasteiger partial charge is 0.339 e. The van der Waals surface area contributed by atoms with E-state index in [0.29, 0.717) is 6.04 Å². The second kappa shape index (κ2) is 7.11. The van der Waals surface area contributed by atoms with Gasteiger partial charge in [0.15, 0.2) is 0 Å². The molecule has 110 valence electrons. The van der Waals surface area contributed by atoms with Crippen LogP contribution in [0.2, 0.25) is 0 Å². The highest BCUT2D eigenvalue weighted by Gasteiger charge is 2.28. The molecule has 1 amide bonds. The van der Waals surface area contributed by atoms with Gasteiger partial charge in [0.2, 0.25) is 5.91 Å². The average Bonchev–Trinajstić information content (AvgIpc) is 2.48. The highest BCUT2D eigenvalue weighted by Crippen LogP contribution is 2.27. The lowest BCUT2D eigenvalue weighted by Gasteiger charge is -2.36. The van der Waals surface area contributed by atoms with Crippen LogP contribution in [0.4, 0.5) is 4.39 Å². The predicted octanol–water partition coefficient (Wildman–Crippen LogP) is 4.10. The molecule has 1 aromatic carbocycles. The van der Waals surface area contributed by atoms with E-state index in [1.54, 1.807) is 12.1 Å². The summed E-state index contributed by atoms with van der Waals surface area (Å²) in [5.74, 6) is -0.0266. The van der Waals surface area contributed by atoms with E-state index in [1.165, 1.54) is 30.3 Å². The van der Waals surface area contributed by atoms with Gasteiger partial charge in [-0.15, -0.1) is 11.8 Å². The molecule has 0 radical (unpaired) electrons. The number of halogens is 1. The molecule has 1 aromatic rings. The Balaban J connectivity index is 1.98. The first-order valence-corrected chi connectivity index (χ1v) is 8.22. The van der Waals surface area contributed by atoms with Crippen molar-refractivity contribution in [3.63, 3.8) is 0 Å². The van der Waals surface area contributed by atoms with E-state index < -0.39 is 0 Å². The number of amides is 1. The Morgan fingerprint density at radius 2 is 2.10 bits per heavy atom. The molecule has 1 fully saturated rings. The van der Waals surface area contributed by atoms with Crippen LogP contribution in [0, 0.1) is 5.82 Å². The van der Waals surface area contributed by atoms with Crippen LogP contribution in [0.5, 0.6) is 0 Å². The van der Waals surface area contributed by atoms with Crippen molar-refractivity contribution >= 4 is 17.7 Å². The molecule has 1 aliphatic heterocycles. The first kappa shape index (κ1) is 15.4. The molecular weight excluding hydrogens is 273 g/mol. The molecule has 0 bridgehead atoms. The van der Waals surface area contributed by atoms with E-state index >= 15 is 0 Å². The Morgan fingerprint density at radius 1 is 1.40 bits per heavy atom. The molecule has 0 spiro atoms. The maximum Gasteiger partial charge on any atom is 0.236 e. The quantitative estimate of drug-likeness (QED) is 0.780. The van der Waals surface area contributed by atoms with Crippen molar-refractivity contribution in [2.75, 3.05) is 6.54 Å². The van der Waals surface area contributed by atoms with Gasteiger partial charge in [-0.2, -0.15) is 0 Å². The molecule has 1 heterocycles. The van der Waals surface area contributed by atoms with Crippen molar-refractivity contribution in [1.82, 2.24) is 4.90 Å². The number of hydrogen-bond donors (Lipinski definition) is 0. The number of likely N-dealkylation sites (tertiary alicyclic amines) is 1. The van der Waals surface area contributed by atoms with Crippen molar-refractivity contribution in [2.24, 2.45) is 0 Å². The van der Waals surface area contributed by atoms with Crippen LogP contribution in [-0.2, 0) is 4.79 Å². The van der Waals surface area contributed by atoms with Gasteiger partial charge in [0.1, 0.15) is 5.82 Å². The first-order valence-electron chi connectivity index (χ1n) is 7.34. The van der Waals surface area contributed by atoms with Crippen molar-refractivity contribution in [1.29, 1.82) is 0 Å². The normalized spacial score (nSPS) is 20.8. The van der Waals surface area contributed by atoms with E-state index in [9.17, 15) is 9.18 Å². The Kier molecular flexibility index (Phi) is 5.46. The van der Waals surface area contributed by atoms with Gasteiger partial charge in [-0.25, -0.2) is 4.39 Å². The Morgan fingerprint density at radius 3 is 2.75 bits per heavy atom. The summed E-state index contributed by atoms with van der Waals surface area (Å²) < 4.78 is 12.9. The summed E-state index contributed by atoms with van der Waals surface area (Å²) in [6.07, 6.45) is 4.48. The van der Waals surface area contributed by atoms with E-state index in [0.717, 1.165) is 30.7 Å². The van der Waals surface area contributed by atoms with Gasteiger partial charge >= 0.3 is 0 Å². The summed E-state index contributed by atoms with van der Waals surface area (Å²) in [4.78, 5) is 15.6. The fraction of sp³-hybridized carbons (Fsp3) is 0.562. The first-order chi connectivity index (χ1) is 9.61. The highest BCUT2D eigenvalue weighted by atomic mass is 32.2. The molecule has 2 rings (SSSR count). The zero-order valence-corrected chi connectivity index (χ0v) is 13.0. The maximum absolute atomic E-state index is 12.9. The topological polar surface area (TPSA) is 20.3 Å². The molecule has 1 aliphatic rings. The number of piperidine rings is 1. The zero-order chi connectivity index (χ0) is 14.5. The van der Waals surface area contributed by atoms with Gasteiger partial charge in [-0.1, -0.05) is 6.92 Å². The van der Waals surface area contributed by atoms with E-state index in [2.05, 4.69) is 6.92 Å². The molecule has 20 heavy (non-hydrogen) atoms. The van der Waals surface area contributed by atoms with Crippen LogP contribution in [0.15, 0.2) is 29.2 Å². The Bertz CT molecular complexity index is 448. The summed E-state index contributed by atoms with van der Waals surface area (Å²) >= 11 is 1.51. The third kappa shape index (κ3) is 3.75. The molecule has 2 unspecified atom stereocenters. The van der Waals surface area contributed by atoms with Gasteiger partial charge in [0.25, 0.3) is 0 Å². The second-order valence-electron chi connectivity index (χ2n) is 5.30. The number of carbonyl (C=O) groups excluding carboxylic acids is 1. The molecule has 2 atom stereocenters. The Hall–Kier alpha value is -1.03. The second-order valence-corrected chi connectivity index (χ2v) is 6.72. The standard InChI is InChI=1S/C16H22FNOS/c1-3-14-6-4-5-11-18(14)16(19)12(2)20-15-9-7-13(17)8-10-15/h7-10,12,14H,3-6,11H2,1-2H3. The third-order valence-electron chi connectivity index (χ3n) is 3.86. The zero-order valence-electron chi connectivity index (χ0n) is 12.1. The van der Waals surface area contributed by atoms with Crippen LogP contribution in [-0.4, -0.2) is 28.6 Å². The van der Waals surface area contributed by atoms with E-state index in [4.69, 9.17) is 0 Å². The minimum Gasteiger partial charge on any atom is -0.339 e. The third-order valence-corrected chi connectivity index (χ3v) is 4.96. The molecule has 4 heteroatoms. The van der Waals surface area contributed by atoms with Crippen LogP contribution >= 0.6 is 11.8 Å². The minimum atomic E-state index is -0.240. The van der Waals surface area contributed by atoms with Gasteiger partial charge in [0, 0.05) is 17.5 Å². The lowest BCUT2D eigenvalue weighted by Crippen LogP contribution is -2.46. The summed E-state index contributed by atoms with van der Waals surface area (Å²) in [7, 11) is 0. The molecule has 0 aliphatic carbocycles. The van der Waals surface area contributed by atoms with Crippen molar-refractivity contribution in [2.45, 2.75) is 55.7 Å². The van der Waals surface area contributed by atoms with Crippen molar-refractivity contribution < 1.29 is 9.18 Å². The predicted molar refractivity (Wildman–Crippen MR) is 81.4 cm³/mol. The van der Waals surface area contributed by atoms with Gasteiger partial charge in [-0.3, -0.25) is 4.79 Å². The van der Waals surface area contributed by atoms with E-state index in [-0.39, 0.29) is 17.0 Å². The van der Waals surface area contributed by atoms with Crippen molar-refractivity contribution in [3.8, 4) is 0 Å². The van der Waals surface area contributed by atoms with Gasteiger partial charge < -0.3 is 4.90 Å². The average molecular weight is 295 g/mol. The fourth-order valence-electron chi connectivity index (χ4n) is 2.72. The summed E-state index contributed by atoms with van der Waals surface area (Å²) in [5, 5.41) is -0.118. The molecule has 0 aromatic heterocycles.